The van der Waals surface area contributed by atoms with Gasteiger partial charge in [-0.05, 0) is 11.6 Å². The van der Waals surface area contributed by atoms with E-state index in [1.807, 2.05) is 0 Å². The van der Waals surface area contributed by atoms with Crippen LogP contribution in [0.1, 0.15) is 18.4 Å². The van der Waals surface area contributed by atoms with Crippen LogP contribution in [0, 0.1) is 0 Å². The Morgan fingerprint density at radius 1 is 1.47 bits per heavy atom. The normalized spacial score (nSPS) is 11.9. The van der Waals surface area contributed by atoms with Crippen molar-refractivity contribution in [1.29, 1.82) is 0 Å². The van der Waals surface area contributed by atoms with E-state index in [9.17, 15) is 14.7 Å². The van der Waals surface area contributed by atoms with Crippen molar-refractivity contribution in [2.24, 2.45) is 5.73 Å². The molecule has 0 heterocycles. The van der Waals surface area contributed by atoms with Gasteiger partial charge in [0.1, 0.15) is 5.75 Å². The number of rotatable bonds is 4. The quantitative estimate of drug-likeness (QED) is 0.570. The van der Waals surface area contributed by atoms with Crippen LogP contribution in [-0.2, 0) is 9.59 Å². The molecule has 1 atom stereocenters. The first-order valence-corrected chi connectivity index (χ1v) is 4.99. The molecule has 0 radical (unpaired) electrons. The molecule has 1 unspecified atom stereocenters. The lowest BCUT2D eigenvalue weighted by Crippen LogP contribution is -2.23. The number of aromatic hydroxyl groups is 1. The number of nitrogens with two attached hydrogens (primary N) is 1. The molecule has 1 rings (SSSR count). The summed E-state index contributed by atoms with van der Waals surface area (Å²) >= 11 is 0. The number of phenols is 1. The number of phenolic OH excluding ortho intramolecular Hbond substituents is 1. The molecular weight excluding hydrogens is 224 g/mol. The lowest BCUT2D eigenvalue weighted by atomic mass is 9.97. The number of carbonyl (C=O) groups is 2. The highest BCUT2D eigenvalue weighted by Gasteiger charge is 2.23. The van der Waals surface area contributed by atoms with Crippen LogP contribution in [0.5, 0.6) is 5.75 Å². The van der Waals surface area contributed by atoms with Gasteiger partial charge in [-0.15, -0.1) is 0 Å². The number of amides is 1. The Morgan fingerprint density at radius 2 is 2.12 bits per heavy atom. The SMILES string of the molecule is CC(=O)Nc1c(O)cccc1C(CN)C(=O)O. The van der Waals surface area contributed by atoms with Crippen molar-refractivity contribution >= 4 is 17.6 Å². The van der Waals surface area contributed by atoms with Gasteiger partial charge in [0.2, 0.25) is 5.91 Å². The van der Waals surface area contributed by atoms with Crippen molar-refractivity contribution in [2.75, 3.05) is 11.9 Å². The zero-order valence-corrected chi connectivity index (χ0v) is 9.30. The molecule has 17 heavy (non-hydrogen) atoms. The van der Waals surface area contributed by atoms with Crippen LogP contribution in [0.2, 0.25) is 0 Å². The highest BCUT2D eigenvalue weighted by molar-refractivity contribution is 5.93. The summed E-state index contributed by atoms with van der Waals surface area (Å²) in [6, 6.07) is 4.38. The molecule has 0 aliphatic carbocycles. The zero-order valence-electron chi connectivity index (χ0n) is 9.30. The first-order chi connectivity index (χ1) is 7.97. The maximum Gasteiger partial charge on any atom is 0.312 e. The van der Waals surface area contributed by atoms with Crippen LogP contribution in [0.4, 0.5) is 5.69 Å². The van der Waals surface area contributed by atoms with Crippen molar-refractivity contribution < 1.29 is 19.8 Å². The fraction of sp³-hybridized carbons (Fsp3) is 0.273. The highest BCUT2D eigenvalue weighted by Crippen LogP contribution is 2.32. The summed E-state index contributed by atoms with van der Waals surface area (Å²) in [5.74, 6) is -2.65. The molecular formula is C11H14N2O4. The molecule has 92 valence electrons. The lowest BCUT2D eigenvalue weighted by molar-refractivity contribution is -0.138. The van der Waals surface area contributed by atoms with Gasteiger partial charge in [-0.2, -0.15) is 0 Å². The van der Waals surface area contributed by atoms with Gasteiger partial charge in [-0.1, -0.05) is 12.1 Å². The van der Waals surface area contributed by atoms with E-state index in [1.54, 1.807) is 0 Å². The third-order valence-corrected chi connectivity index (χ3v) is 2.28. The van der Waals surface area contributed by atoms with E-state index >= 15 is 0 Å². The Bertz CT molecular complexity index is 445. The number of carboxylic acids is 1. The zero-order chi connectivity index (χ0) is 13.0. The van der Waals surface area contributed by atoms with Crippen LogP contribution in [0.3, 0.4) is 0 Å². The molecule has 6 nitrogen and oxygen atoms in total. The molecule has 0 spiro atoms. The maximum atomic E-state index is 11.0. The van der Waals surface area contributed by atoms with Gasteiger partial charge >= 0.3 is 5.97 Å². The van der Waals surface area contributed by atoms with E-state index in [-0.39, 0.29) is 23.5 Å². The van der Waals surface area contributed by atoms with Gasteiger partial charge in [0.05, 0.1) is 11.6 Å². The molecule has 5 N–H and O–H groups in total. The van der Waals surface area contributed by atoms with Crippen LogP contribution in [0.15, 0.2) is 18.2 Å². The number of benzene rings is 1. The molecule has 1 amide bonds. The van der Waals surface area contributed by atoms with E-state index in [4.69, 9.17) is 10.8 Å². The summed E-state index contributed by atoms with van der Waals surface area (Å²) in [6.45, 7) is 1.15. The Hall–Kier alpha value is -2.08. The summed E-state index contributed by atoms with van der Waals surface area (Å²) in [4.78, 5) is 22.0. The van der Waals surface area contributed by atoms with Crippen molar-refractivity contribution in [3.8, 4) is 5.75 Å². The van der Waals surface area contributed by atoms with Gasteiger partial charge in [-0.25, -0.2) is 0 Å². The number of hydrogen-bond acceptors (Lipinski definition) is 4. The molecule has 0 aliphatic heterocycles. The first-order valence-electron chi connectivity index (χ1n) is 4.99. The molecule has 0 saturated carbocycles. The summed E-state index contributed by atoms with van der Waals surface area (Å²) in [5, 5.41) is 21.0. The smallest absolute Gasteiger partial charge is 0.312 e. The molecule has 1 aromatic carbocycles. The number of hydrogen-bond donors (Lipinski definition) is 4. The minimum Gasteiger partial charge on any atom is -0.506 e. The van der Waals surface area contributed by atoms with E-state index in [1.165, 1.54) is 25.1 Å². The summed E-state index contributed by atoms with van der Waals surface area (Å²) in [5.41, 5.74) is 5.76. The minimum absolute atomic E-state index is 0.0952. The van der Waals surface area contributed by atoms with Crippen LogP contribution in [0.25, 0.3) is 0 Å². The molecule has 0 fully saturated rings. The van der Waals surface area contributed by atoms with E-state index < -0.39 is 17.8 Å². The molecule has 6 heteroatoms. The number of carboxylic acid groups (broad SMARTS) is 1. The summed E-state index contributed by atoms with van der Waals surface area (Å²) < 4.78 is 0. The Morgan fingerprint density at radius 3 is 2.59 bits per heavy atom. The van der Waals surface area contributed by atoms with Crippen LogP contribution < -0.4 is 11.1 Å². The van der Waals surface area contributed by atoms with E-state index in [2.05, 4.69) is 5.32 Å². The third-order valence-electron chi connectivity index (χ3n) is 2.28. The van der Waals surface area contributed by atoms with E-state index in [0.717, 1.165) is 0 Å². The van der Waals surface area contributed by atoms with Gasteiger partial charge in [0.25, 0.3) is 0 Å². The monoisotopic (exact) mass is 238 g/mol. The van der Waals surface area contributed by atoms with Gasteiger partial charge in [0.15, 0.2) is 0 Å². The average Bonchev–Trinajstić information content (AvgIpc) is 2.22. The fourth-order valence-corrected chi connectivity index (χ4v) is 1.52. The maximum absolute atomic E-state index is 11.0. The number of carbonyl (C=O) groups excluding carboxylic acids is 1. The van der Waals surface area contributed by atoms with Crippen LogP contribution >= 0.6 is 0 Å². The standard InChI is InChI=1S/C11H14N2O4/c1-6(14)13-10-7(3-2-4-9(10)15)8(5-12)11(16)17/h2-4,8,15H,5,12H2,1H3,(H,13,14)(H,16,17). The van der Waals surface area contributed by atoms with Crippen molar-refractivity contribution in [1.82, 2.24) is 0 Å². The molecule has 1 aromatic rings. The predicted molar refractivity (Wildman–Crippen MR) is 61.8 cm³/mol. The van der Waals surface area contributed by atoms with Gasteiger partial charge < -0.3 is 21.3 Å². The van der Waals surface area contributed by atoms with E-state index in [0.29, 0.717) is 0 Å². The summed E-state index contributed by atoms with van der Waals surface area (Å²) in [6.07, 6.45) is 0. The Balaban J connectivity index is 3.26. The van der Waals surface area contributed by atoms with Gasteiger partial charge in [-0.3, -0.25) is 9.59 Å². The Kier molecular flexibility index (Phi) is 4.06. The highest BCUT2D eigenvalue weighted by atomic mass is 16.4. The first kappa shape index (κ1) is 13.0. The lowest BCUT2D eigenvalue weighted by Gasteiger charge is -2.16. The van der Waals surface area contributed by atoms with Crippen molar-refractivity contribution in [2.45, 2.75) is 12.8 Å². The van der Waals surface area contributed by atoms with Crippen LogP contribution in [-0.4, -0.2) is 28.6 Å². The van der Waals surface area contributed by atoms with Gasteiger partial charge in [0, 0.05) is 13.5 Å². The Labute approximate surface area is 98.1 Å². The number of nitrogens with one attached hydrogen (secondary N) is 1. The number of para-hydroxylation sites is 1. The van der Waals surface area contributed by atoms with Crippen molar-refractivity contribution in [3.63, 3.8) is 0 Å². The molecule has 0 aliphatic rings. The topological polar surface area (TPSA) is 113 Å². The average molecular weight is 238 g/mol. The molecule has 0 aromatic heterocycles. The third kappa shape index (κ3) is 2.94. The second-order valence-corrected chi connectivity index (χ2v) is 3.55. The second kappa shape index (κ2) is 5.31. The summed E-state index contributed by atoms with van der Waals surface area (Å²) in [7, 11) is 0. The number of anilines is 1. The minimum atomic E-state index is -1.11. The van der Waals surface area contributed by atoms with Crippen molar-refractivity contribution in [3.05, 3.63) is 23.8 Å². The molecule has 0 saturated heterocycles. The second-order valence-electron chi connectivity index (χ2n) is 3.55. The molecule has 0 bridgehead atoms. The fourth-order valence-electron chi connectivity index (χ4n) is 1.52. The number of aliphatic carboxylic acids is 1. The largest absolute Gasteiger partial charge is 0.506 e. The predicted octanol–water partition coefficient (Wildman–Crippen LogP) is 0.477.